The predicted octanol–water partition coefficient (Wildman–Crippen LogP) is 3.13. The Morgan fingerprint density at radius 3 is 2.71 bits per heavy atom. The fraction of sp³-hybridized carbons (Fsp3) is 0.538. The molecule has 1 N–H and O–H groups in total. The highest BCUT2D eigenvalue weighted by molar-refractivity contribution is 9.10. The van der Waals surface area contributed by atoms with Crippen LogP contribution in [0.5, 0.6) is 0 Å². The average Bonchev–Trinajstić information content (AvgIpc) is 2.40. The van der Waals surface area contributed by atoms with Gasteiger partial charge in [0.25, 0.3) is 5.69 Å². The molecule has 6 nitrogen and oxygen atoms in total. The summed E-state index contributed by atoms with van der Waals surface area (Å²) in [5.41, 5.74) is 0.424. The third-order valence-electron chi connectivity index (χ3n) is 3.75. The van der Waals surface area contributed by atoms with E-state index in [0.29, 0.717) is 23.0 Å². The highest BCUT2D eigenvalue weighted by atomic mass is 79.9. The van der Waals surface area contributed by atoms with Gasteiger partial charge in [0, 0.05) is 22.8 Å². The van der Waals surface area contributed by atoms with Gasteiger partial charge in [-0.15, -0.1) is 0 Å². The Kier molecular flexibility index (Phi) is 4.88. The Morgan fingerprint density at radius 2 is 2.10 bits per heavy atom. The van der Waals surface area contributed by atoms with E-state index in [1.54, 1.807) is 12.1 Å². The number of nitrogens with zero attached hydrogens (tertiary/aromatic N) is 1. The van der Waals surface area contributed by atoms with Crippen molar-refractivity contribution in [1.29, 1.82) is 0 Å². The summed E-state index contributed by atoms with van der Waals surface area (Å²) < 4.78 is 24.0. The minimum atomic E-state index is -3.07. The molecule has 1 aromatic carbocycles. The second-order valence-electron chi connectivity index (χ2n) is 5.38. The number of nitro benzene ring substituents is 1. The van der Waals surface area contributed by atoms with Crippen LogP contribution >= 0.6 is 15.9 Å². The van der Waals surface area contributed by atoms with Crippen LogP contribution < -0.4 is 5.32 Å². The lowest BCUT2D eigenvalue weighted by atomic mass is 9.94. The number of nitro groups is 1. The summed E-state index contributed by atoms with van der Waals surface area (Å²) in [4.78, 5) is 10.6. The van der Waals surface area contributed by atoms with Crippen molar-refractivity contribution in [3.05, 3.63) is 32.8 Å². The molecule has 8 heteroatoms. The minimum Gasteiger partial charge on any atom is -0.377 e. The molecule has 2 unspecified atom stereocenters. The highest BCUT2D eigenvalue weighted by Gasteiger charge is 2.29. The van der Waals surface area contributed by atoms with Gasteiger partial charge in [-0.1, -0.05) is 22.4 Å². The van der Waals surface area contributed by atoms with Crippen LogP contribution in [0.25, 0.3) is 0 Å². The molecule has 1 aliphatic rings. The van der Waals surface area contributed by atoms with Gasteiger partial charge in [0.05, 0.1) is 10.2 Å². The van der Waals surface area contributed by atoms with Gasteiger partial charge in [0.15, 0.2) is 0 Å². The largest absolute Gasteiger partial charge is 0.377 e. The number of sulfone groups is 1. The van der Waals surface area contributed by atoms with E-state index in [-0.39, 0.29) is 17.0 Å². The van der Waals surface area contributed by atoms with Gasteiger partial charge in [0.2, 0.25) is 0 Å². The Bertz CT molecular complexity index is 648. The first-order valence-electron chi connectivity index (χ1n) is 6.66. The molecule has 0 aromatic heterocycles. The molecule has 0 heterocycles. The summed E-state index contributed by atoms with van der Waals surface area (Å²) in [5, 5.41) is 13.9. The predicted molar refractivity (Wildman–Crippen MR) is 85.3 cm³/mol. The molecule has 2 rings (SSSR count). The van der Waals surface area contributed by atoms with Crippen LogP contribution in [0.3, 0.4) is 0 Å². The van der Waals surface area contributed by atoms with Crippen molar-refractivity contribution in [2.24, 2.45) is 0 Å². The third-order valence-corrected chi connectivity index (χ3v) is 5.88. The Hall–Kier alpha value is -1.15. The summed E-state index contributed by atoms with van der Waals surface area (Å²) in [6.45, 7) is 0. The summed E-state index contributed by atoms with van der Waals surface area (Å²) in [6, 6.07) is 4.76. The first-order valence-corrected chi connectivity index (χ1v) is 9.41. The molecule has 0 amide bonds. The number of nitrogens with one attached hydrogen (secondary N) is 1. The average molecular weight is 377 g/mol. The van der Waals surface area contributed by atoms with Gasteiger partial charge >= 0.3 is 0 Å². The van der Waals surface area contributed by atoms with Crippen molar-refractivity contribution in [2.45, 2.75) is 37.0 Å². The molecule has 0 spiro atoms. The van der Waals surface area contributed by atoms with E-state index in [4.69, 9.17) is 0 Å². The molecule has 0 aliphatic heterocycles. The fourth-order valence-electron chi connectivity index (χ4n) is 2.66. The quantitative estimate of drug-likeness (QED) is 0.643. The van der Waals surface area contributed by atoms with Gasteiger partial charge in [-0.3, -0.25) is 10.1 Å². The molecule has 2 atom stereocenters. The van der Waals surface area contributed by atoms with E-state index >= 15 is 0 Å². The zero-order valence-corrected chi connectivity index (χ0v) is 14.0. The number of halogens is 1. The lowest BCUT2D eigenvalue weighted by molar-refractivity contribution is -0.384. The first kappa shape index (κ1) is 16.2. The van der Waals surface area contributed by atoms with Gasteiger partial charge in [0.1, 0.15) is 15.5 Å². The van der Waals surface area contributed by atoms with Gasteiger partial charge in [-0.05, 0) is 31.4 Å². The summed E-state index contributed by atoms with van der Waals surface area (Å²) in [7, 11) is -3.07. The van der Waals surface area contributed by atoms with E-state index in [2.05, 4.69) is 21.2 Å². The van der Waals surface area contributed by atoms with E-state index < -0.39 is 14.8 Å². The maximum atomic E-state index is 11.7. The topological polar surface area (TPSA) is 89.3 Å². The van der Waals surface area contributed by atoms with Crippen LogP contribution in [0.15, 0.2) is 22.7 Å². The van der Waals surface area contributed by atoms with E-state index in [1.807, 2.05) is 0 Å². The molecule has 0 bridgehead atoms. The summed E-state index contributed by atoms with van der Waals surface area (Å²) in [5.74, 6) is 0. The standard InChI is InChI=1S/C13H17BrN2O4S/c1-21(19,20)11-4-2-3-10(8-11)15-12-6-5-9(14)7-13(12)16(17)18/h5-7,10-11,15H,2-4,8H2,1H3. The van der Waals surface area contributed by atoms with Crippen molar-refractivity contribution < 1.29 is 13.3 Å². The monoisotopic (exact) mass is 376 g/mol. The molecule has 1 fully saturated rings. The first-order chi connectivity index (χ1) is 9.77. The molecule has 0 saturated heterocycles. The smallest absolute Gasteiger partial charge is 0.293 e. The fourth-order valence-corrected chi connectivity index (χ4v) is 4.19. The van der Waals surface area contributed by atoms with E-state index in [9.17, 15) is 18.5 Å². The molecular weight excluding hydrogens is 360 g/mol. The van der Waals surface area contributed by atoms with Crippen molar-refractivity contribution in [1.82, 2.24) is 0 Å². The van der Waals surface area contributed by atoms with Crippen LogP contribution in [0.2, 0.25) is 0 Å². The van der Waals surface area contributed by atoms with Crippen LogP contribution in [-0.4, -0.2) is 30.9 Å². The second kappa shape index (κ2) is 6.31. The van der Waals surface area contributed by atoms with Crippen LogP contribution in [0.4, 0.5) is 11.4 Å². The minimum absolute atomic E-state index is 0.00847. The normalized spacial score (nSPS) is 22.8. The van der Waals surface area contributed by atoms with E-state index in [1.165, 1.54) is 12.3 Å². The number of rotatable bonds is 4. The number of benzene rings is 1. The lowest BCUT2D eigenvalue weighted by Crippen LogP contribution is -2.34. The Labute approximate surface area is 132 Å². The van der Waals surface area contributed by atoms with Crippen molar-refractivity contribution >= 4 is 37.1 Å². The van der Waals surface area contributed by atoms with Gasteiger partial charge in [-0.25, -0.2) is 8.42 Å². The summed E-state index contributed by atoms with van der Waals surface area (Å²) in [6.07, 6.45) is 4.03. The second-order valence-corrected chi connectivity index (χ2v) is 8.62. The molecule has 1 aliphatic carbocycles. The highest BCUT2D eigenvalue weighted by Crippen LogP contribution is 2.32. The van der Waals surface area contributed by atoms with Gasteiger partial charge in [-0.2, -0.15) is 0 Å². The molecular formula is C13H17BrN2O4S. The zero-order valence-electron chi connectivity index (χ0n) is 11.6. The lowest BCUT2D eigenvalue weighted by Gasteiger charge is -2.29. The maximum Gasteiger partial charge on any atom is 0.293 e. The van der Waals surface area contributed by atoms with Crippen LogP contribution in [-0.2, 0) is 9.84 Å². The summed E-state index contributed by atoms with van der Waals surface area (Å²) >= 11 is 3.21. The molecule has 116 valence electrons. The van der Waals surface area contributed by atoms with Crippen LogP contribution in [0, 0.1) is 10.1 Å². The van der Waals surface area contributed by atoms with Gasteiger partial charge < -0.3 is 5.32 Å². The van der Waals surface area contributed by atoms with Crippen molar-refractivity contribution in [2.75, 3.05) is 11.6 Å². The molecule has 1 aromatic rings. The Balaban J connectivity index is 2.17. The van der Waals surface area contributed by atoms with Crippen molar-refractivity contribution in [3.8, 4) is 0 Å². The molecule has 1 saturated carbocycles. The SMILES string of the molecule is CS(=O)(=O)C1CCCC(Nc2ccc(Br)cc2[N+](=O)[O-])C1. The molecule has 21 heavy (non-hydrogen) atoms. The molecule has 0 radical (unpaired) electrons. The van der Waals surface area contributed by atoms with E-state index in [0.717, 1.165) is 12.8 Å². The number of anilines is 1. The third kappa shape index (κ3) is 4.16. The van der Waals surface area contributed by atoms with Crippen LogP contribution in [0.1, 0.15) is 25.7 Å². The zero-order chi connectivity index (χ0) is 15.6. The number of hydrogen-bond acceptors (Lipinski definition) is 5. The number of hydrogen-bond donors (Lipinski definition) is 1. The van der Waals surface area contributed by atoms with Crippen molar-refractivity contribution in [3.63, 3.8) is 0 Å². The Morgan fingerprint density at radius 1 is 1.38 bits per heavy atom. The maximum absolute atomic E-state index is 11.7.